The summed E-state index contributed by atoms with van der Waals surface area (Å²) in [6.07, 6.45) is 0. The van der Waals surface area contributed by atoms with Gasteiger partial charge < -0.3 is 14.7 Å². The van der Waals surface area contributed by atoms with Crippen molar-refractivity contribution in [3.05, 3.63) is 46.2 Å². The number of carbonyl (C=O) groups is 2. The number of halogens is 1. The Morgan fingerprint density at radius 3 is 2.80 bits per heavy atom. The lowest BCUT2D eigenvalue weighted by molar-refractivity contribution is -0.138. The molecule has 0 aromatic heterocycles. The van der Waals surface area contributed by atoms with Crippen molar-refractivity contribution in [2.75, 3.05) is 13.2 Å². The summed E-state index contributed by atoms with van der Waals surface area (Å²) < 4.78 is 4.81. The Morgan fingerprint density at radius 2 is 2.15 bits per heavy atom. The molecule has 0 saturated heterocycles. The number of amides is 1. The molecule has 1 aliphatic rings. The van der Waals surface area contributed by atoms with E-state index in [9.17, 15) is 14.7 Å². The number of benzene rings is 1. The van der Waals surface area contributed by atoms with Crippen LogP contribution in [0.2, 0.25) is 5.02 Å². The molecule has 0 atom stereocenters. The molecule has 5 nitrogen and oxygen atoms in total. The number of ether oxygens (including phenoxy) is 1. The SMILES string of the molecule is CCOC(=O)C1=C(O)C(=O)N(Cc2ccccc2Cl)C1. The van der Waals surface area contributed by atoms with Crippen molar-refractivity contribution >= 4 is 23.5 Å². The molecule has 0 spiro atoms. The molecular weight excluding hydrogens is 282 g/mol. The minimum Gasteiger partial charge on any atom is -0.503 e. The van der Waals surface area contributed by atoms with Gasteiger partial charge >= 0.3 is 5.97 Å². The average Bonchev–Trinajstić information content (AvgIpc) is 2.70. The van der Waals surface area contributed by atoms with Gasteiger partial charge in [-0.3, -0.25) is 4.79 Å². The van der Waals surface area contributed by atoms with Gasteiger partial charge in [-0.05, 0) is 18.6 Å². The predicted octanol–water partition coefficient (Wildman–Crippen LogP) is 2.06. The van der Waals surface area contributed by atoms with Crippen LogP contribution < -0.4 is 0 Å². The minimum absolute atomic E-state index is 0.0103. The van der Waals surface area contributed by atoms with Crippen LogP contribution in [0.3, 0.4) is 0 Å². The second kappa shape index (κ2) is 5.96. The summed E-state index contributed by atoms with van der Waals surface area (Å²) >= 11 is 6.03. The molecule has 2 rings (SSSR count). The maximum atomic E-state index is 11.9. The van der Waals surface area contributed by atoms with Crippen LogP contribution in [0.1, 0.15) is 12.5 Å². The summed E-state index contributed by atoms with van der Waals surface area (Å²) in [5.74, 6) is -1.80. The van der Waals surface area contributed by atoms with Crippen molar-refractivity contribution in [1.82, 2.24) is 4.90 Å². The van der Waals surface area contributed by atoms with Crippen molar-refractivity contribution in [2.24, 2.45) is 0 Å². The van der Waals surface area contributed by atoms with E-state index in [2.05, 4.69) is 0 Å². The number of nitrogens with zero attached hydrogens (tertiary/aromatic N) is 1. The van der Waals surface area contributed by atoms with Gasteiger partial charge in [-0.2, -0.15) is 0 Å². The molecule has 0 fully saturated rings. The molecule has 0 unspecified atom stereocenters. The first-order valence-electron chi connectivity index (χ1n) is 6.16. The molecule has 0 aliphatic carbocycles. The zero-order valence-electron chi connectivity index (χ0n) is 10.9. The lowest BCUT2D eigenvalue weighted by Gasteiger charge is -2.16. The van der Waals surface area contributed by atoms with Crippen LogP contribution >= 0.6 is 11.6 Å². The summed E-state index contributed by atoms with van der Waals surface area (Å²) in [7, 11) is 0. The third-order valence-electron chi connectivity index (χ3n) is 2.97. The van der Waals surface area contributed by atoms with E-state index in [1.807, 2.05) is 0 Å². The molecule has 6 heteroatoms. The van der Waals surface area contributed by atoms with Crippen molar-refractivity contribution in [3.63, 3.8) is 0 Å². The molecule has 1 aromatic carbocycles. The number of carbonyl (C=O) groups excluding carboxylic acids is 2. The van der Waals surface area contributed by atoms with E-state index in [-0.39, 0.29) is 25.3 Å². The molecule has 1 amide bonds. The third kappa shape index (κ3) is 2.77. The molecule has 1 aromatic rings. The summed E-state index contributed by atoms with van der Waals surface area (Å²) in [6.45, 7) is 2.10. The Morgan fingerprint density at radius 1 is 1.45 bits per heavy atom. The highest BCUT2D eigenvalue weighted by Crippen LogP contribution is 2.23. The van der Waals surface area contributed by atoms with E-state index in [1.165, 1.54) is 4.90 Å². The summed E-state index contributed by atoms with van der Waals surface area (Å²) in [5, 5.41) is 10.3. The predicted molar refractivity (Wildman–Crippen MR) is 73.2 cm³/mol. The highest BCUT2D eigenvalue weighted by molar-refractivity contribution is 6.31. The maximum Gasteiger partial charge on any atom is 0.339 e. The van der Waals surface area contributed by atoms with E-state index in [1.54, 1.807) is 31.2 Å². The number of hydrogen-bond acceptors (Lipinski definition) is 4. The highest BCUT2D eigenvalue weighted by atomic mass is 35.5. The zero-order chi connectivity index (χ0) is 14.7. The van der Waals surface area contributed by atoms with Crippen LogP contribution in [-0.2, 0) is 20.9 Å². The molecule has 20 heavy (non-hydrogen) atoms. The van der Waals surface area contributed by atoms with E-state index in [0.29, 0.717) is 5.02 Å². The summed E-state index contributed by atoms with van der Waals surface area (Å²) in [5.41, 5.74) is 0.740. The van der Waals surface area contributed by atoms with Gasteiger partial charge in [0.2, 0.25) is 0 Å². The van der Waals surface area contributed by atoms with E-state index < -0.39 is 17.6 Å². The van der Waals surface area contributed by atoms with E-state index in [0.717, 1.165) is 5.56 Å². The fourth-order valence-electron chi connectivity index (χ4n) is 1.96. The molecule has 0 saturated carbocycles. The second-order valence-corrected chi connectivity index (χ2v) is 4.71. The molecule has 106 valence electrons. The van der Waals surface area contributed by atoms with Crippen molar-refractivity contribution < 1.29 is 19.4 Å². The quantitative estimate of drug-likeness (QED) is 0.864. The Labute approximate surface area is 121 Å². The van der Waals surface area contributed by atoms with Gasteiger partial charge in [0, 0.05) is 11.6 Å². The number of hydrogen-bond donors (Lipinski definition) is 1. The van der Waals surface area contributed by atoms with Gasteiger partial charge in [0.1, 0.15) is 5.57 Å². The van der Waals surface area contributed by atoms with Gasteiger partial charge in [0.25, 0.3) is 5.91 Å². The second-order valence-electron chi connectivity index (χ2n) is 4.30. The minimum atomic E-state index is -0.667. The third-order valence-corrected chi connectivity index (χ3v) is 3.33. The van der Waals surface area contributed by atoms with Crippen LogP contribution in [0.25, 0.3) is 0 Å². The topological polar surface area (TPSA) is 66.8 Å². The van der Waals surface area contributed by atoms with Crippen LogP contribution in [0.15, 0.2) is 35.6 Å². The molecule has 0 bridgehead atoms. The van der Waals surface area contributed by atoms with Gasteiger partial charge in [-0.1, -0.05) is 29.8 Å². The standard InChI is InChI=1S/C14H14ClNO4/c1-2-20-14(19)10-8-16(13(18)12(10)17)7-9-5-3-4-6-11(9)15/h3-6,17H,2,7-8H2,1H3. The lowest BCUT2D eigenvalue weighted by Crippen LogP contribution is -2.27. The Balaban J connectivity index is 2.13. The van der Waals surface area contributed by atoms with Gasteiger partial charge in [-0.15, -0.1) is 0 Å². The maximum absolute atomic E-state index is 11.9. The number of esters is 1. The smallest absolute Gasteiger partial charge is 0.339 e. The molecule has 0 radical (unpaired) electrons. The molecule has 1 aliphatic heterocycles. The summed E-state index contributed by atoms with van der Waals surface area (Å²) in [6, 6.07) is 7.10. The van der Waals surface area contributed by atoms with Crippen LogP contribution in [0, 0.1) is 0 Å². The molecule has 1 N–H and O–H groups in total. The van der Waals surface area contributed by atoms with Crippen LogP contribution in [-0.4, -0.2) is 35.0 Å². The first-order chi connectivity index (χ1) is 9.54. The monoisotopic (exact) mass is 295 g/mol. The van der Waals surface area contributed by atoms with Crippen molar-refractivity contribution in [1.29, 1.82) is 0 Å². The lowest BCUT2D eigenvalue weighted by atomic mass is 10.2. The Bertz CT molecular complexity index is 582. The molecular formula is C14H14ClNO4. The van der Waals surface area contributed by atoms with Gasteiger partial charge in [0.15, 0.2) is 5.76 Å². The van der Waals surface area contributed by atoms with Crippen LogP contribution in [0.5, 0.6) is 0 Å². The largest absolute Gasteiger partial charge is 0.503 e. The van der Waals surface area contributed by atoms with Gasteiger partial charge in [0.05, 0.1) is 13.2 Å². The zero-order valence-corrected chi connectivity index (χ0v) is 11.7. The highest BCUT2D eigenvalue weighted by Gasteiger charge is 2.34. The fourth-order valence-corrected chi connectivity index (χ4v) is 2.15. The van der Waals surface area contributed by atoms with E-state index in [4.69, 9.17) is 16.3 Å². The average molecular weight is 296 g/mol. The fraction of sp³-hybridized carbons (Fsp3) is 0.286. The first kappa shape index (κ1) is 14.4. The van der Waals surface area contributed by atoms with Crippen molar-refractivity contribution in [2.45, 2.75) is 13.5 Å². The Kier molecular flexibility index (Phi) is 4.29. The van der Waals surface area contributed by atoms with Crippen LogP contribution in [0.4, 0.5) is 0 Å². The van der Waals surface area contributed by atoms with E-state index >= 15 is 0 Å². The summed E-state index contributed by atoms with van der Waals surface area (Å²) in [4.78, 5) is 24.9. The number of aliphatic hydroxyl groups is 1. The van der Waals surface area contributed by atoms with Crippen molar-refractivity contribution in [3.8, 4) is 0 Å². The Hall–Kier alpha value is -2.01. The van der Waals surface area contributed by atoms with Gasteiger partial charge in [-0.25, -0.2) is 4.79 Å². The first-order valence-corrected chi connectivity index (χ1v) is 6.54. The molecule has 1 heterocycles. The number of aliphatic hydroxyl groups excluding tert-OH is 1. The number of rotatable bonds is 4. The normalized spacial score (nSPS) is 14.9.